The number of alkyl halides is 3. The van der Waals surface area contributed by atoms with E-state index in [4.69, 9.17) is 4.74 Å². The third-order valence-corrected chi connectivity index (χ3v) is 3.28. The molecule has 0 bridgehead atoms. The van der Waals surface area contributed by atoms with Crippen molar-refractivity contribution in [3.8, 4) is 5.88 Å². The van der Waals surface area contributed by atoms with Crippen LogP contribution in [-0.4, -0.2) is 40.5 Å². The molecular formula is C15H20Cl2F3N5O2. The minimum Gasteiger partial charge on any atom is -0.468 e. The van der Waals surface area contributed by atoms with Crippen LogP contribution in [0.1, 0.15) is 17.2 Å². The van der Waals surface area contributed by atoms with Gasteiger partial charge in [0.1, 0.15) is 6.04 Å². The van der Waals surface area contributed by atoms with E-state index in [1.165, 1.54) is 12.3 Å². The topological polar surface area (TPSA) is 81.1 Å². The smallest absolute Gasteiger partial charge is 0.422 e. The normalized spacial score (nSPS) is 11.7. The van der Waals surface area contributed by atoms with Crippen LogP contribution >= 0.6 is 24.8 Å². The molecule has 0 aromatic carbocycles. The SMILES string of the molecule is CNC(C(=O)NCc1cccnc1OCC(F)(F)F)c1cnn(C)c1.Cl.Cl. The average Bonchev–Trinajstić information content (AvgIpc) is 2.98. The van der Waals surface area contributed by atoms with Crippen LogP contribution in [-0.2, 0) is 18.4 Å². The third-order valence-electron chi connectivity index (χ3n) is 3.28. The molecule has 0 saturated carbocycles. The first kappa shape index (κ1) is 25.0. The van der Waals surface area contributed by atoms with Crippen molar-refractivity contribution in [2.24, 2.45) is 7.05 Å². The molecule has 0 radical (unpaired) electrons. The maximum atomic E-state index is 12.3. The maximum Gasteiger partial charge on any atom is 0.422 e. The minimum atomic E-state index is -4.46. The van der Waals surface area contributed by atoms with Gasteiger partial charge in [0.2, 0.25) is 11.8 Å². The van der Waals surface area contributed by atoms with Crippen LogP contribution in [0.2, 0.25) is 0 Å². The zero-order valence-electron chi connectivity index (χ0n) is 14.5. The second-order valence-corrected chi connectivity index (χ2v) is 5.26. The van der Waals surface area contributed by atoms with Gasteiger partial charge in [-0.3, -0.25) is 9.48 Å². The molecule has 2 aromatic rings. The molecule has 1 unspecified atom stereocenters. The Morgan fingerprint density at radius 3 is 2.63 bits per heavy atom. The lowest BCUT2D eigenvalue weighted by molar-refractivity contribution is -0.154. The molecule has 1 atom stereocenters. The van der Waals surface area contributed by atoms with Gasteiger partial charge in [0.25, 0.3) is 0 Å². The molecule has 1 amide bonds. The van der Waals surface area contributed by atoms with Crippen molar-refractivity contribution in [2.75, 3.05) is 13.7 Å². The Balaban J connectivity index is 0.00000338. The van der Waals surface area contributed by atoms with Crippen LogP contribution in [0.5, 0.6) is 5.88 Å². The number of aryl methyl sites for hydroxylation is 1. The summed E-state index contributed by atoms with van der Waals surface area (Å²) in [6.07, 6.45) is 0.115. The predicted octanol–water partition coefficient (Wildman–Crippen LogP) is 2.18. The van der Waals surface area contributed by atoms with Crippen LogP contribution < -0.4 is 15.4 Å². The highest BCUT2D eigenvalue weighted by atomic mass is 35.5. The Morgan fingerprint density at radius 2 is 2.07 bits per heavy atom. The van der Waals surface area contributed by atoms with Crippen LogP contribution in [0.25, 0.3) is 0 Å². The Morgan fingerprint density at radius 1 is 1.37 bits per heavy atom. The van der Waals surface area contributed by atoms with Crippen LogP contribution in [0.4, 0.5) is 13.2 Å². The van der Waals surface area contributed by atoms with E-state index in [9.17, 15) is 18.0 Å². The number of carbonyl (C=O) groups is 1. The van der Waals surface area contributed by atoms with Gasteiger partial charge in [0, 0.05) is 37.1 Å². The van der Waals surface area contributed by atoms with Crippen molar-refractivity contribution >= 4 is 30.7 Å². The van der Waals surface area contributed by atoms with Gasteiger partial charge in [-0.1, -0.05) is 6.07 Å². The number of amides is 1. The van der Waals surface area contributed by atoms with Gasteiger partial charge in [0.15, 0.2) is 6.61 Å². The minimum absolute atomic E-state index is 0. The van der Waals surface area contributed by atoms with Crippen LogP contribution in [0.15, 0.2) is 30.7 Å². The summed E-state index contributed by atoms with van der Waals surface area (Å²) in [4.78, 5) is 16.1. The average molecular weight is 430 g/mol. The number of carbonyl (C=O) groups excluding carboxylic acids is 1. The monoisotopic (exact) mass is 429 g/mol. The lowest BCUT2D eigenvalue weighted by Crippen LogP contribution is -2.35. The van der Waals surface area contributed by atoms with E-state index in [1.54, 1.807) is 37.2 Å². The van der Waals surface area contributed by atoms with E-state index in [-0.39, 0.29) is 43.1 Å². The lowest BCUT2D eigenvalue weighted by Gasteiger charge is -2.16. The fourth-order valence-electron chi connectivity index (χ4n) is 2.16. The number of nitrogens with one attached hydrogen (secondary N) is 2. The quantitative estimate of drug-likeness (QED) is 0.704. The van der Waals surface area contributed by atoms with Gasteiger partial charge in [0.05, 0.1) is 6.20 Å². The molecular weight excluding hydrogens is 410 g/mol. The summed E-state index contributed by atoms with van der Waals surface area (Å²) < 4.78 is 43.1. The highest BCUT2D eigenvalue weighted by Crippen LogP contribution is 2.20. The van der Waals surface area contributed by atoms with E-state index < -0.39 is 18.8 Å². The Labute approximate surface area is 166 Å². The van der Waals surface area contributed by atoms with Gasteiger partial charge in [-0.05, 0) is 13.1 Å². The maximum absolute atomic E-state index is 12.3. The third kappa shape index (κ3) is 7.61. The van der Waals surface area contributed by atoms with Gasteiger partial charge in [-0.2, -0.15) is 18.3 Å². The molecule has 12 heteroatoms. The molecule has 0 saturated heterocycles. The van der Waals surface area contributed by atoms with Crippen LogP contribution in [0, 0.1) is 0 Å². The van der Waals surface area contributed by atoms with Gasteiger partial charge >= 0.3 is 6.18 Å². The molecule has 7 nitrogen and oxygen atoms in total. The molecule has 0 aliphatic rings. The summed E-state index contributed by atoms with van der Waals surface area (Å²) in [6, 6.07) is 2.46. The number of hydrogen-bond acceptors (Lipinski definition) is 5. The molecule has 0 fully saturated rings. The number of pyridine rings is 1. The van der Waals surface area contributed by atoms with Crippen LogP contribution in [0.3, 0.4) is 0 Å². The van der Waals surface area contributed by atoms with E-state index in [2.05, 4.69) is 20.7 Å². The molecule has 0 aliphatic carbocycles. The van der Waals surface area contributed by atoms with Gasteiger partial charge in [-0.15, -0.1) is 24.8 Å². The predicted molar refractivity (Wildman–Crippen MR) is 97.1 cm³/mol. The van der Waals surface area contributed by atoms with Crippen molar-refractivity contribution in [3.05, 3.63) is 41.9 Å². The fourth-order valence-corrected chi connectivity index (χ4v) is 2.16. The largest absolute Gasteiger partial charge is 0.468 e. The number of likely N-dealkylation sites (N-methyl/N-ethyl adjacent to an activating group) is 1. The first-order chi connectivity index (χ1) is 11.8. The Kier molecular flexibility index (Phi) is 10.1. The first-order valence-electron chi connectivity index (χ1n) is 7.37. The summed E-state index contributed by atoms with van der Waals surface area (Å²) in [5.41, 5.74) is 1.02. The summed E-state index contributed by atoms with van der Waals surface area (Å²) >= 11 is 0. The first-order valence-corrected chi connectivity index (χ1v) is 7.37. The van der Waals surface area contributed by atoms with E-state index in [0.29, 0.717) is 11.1 Å². The summed E-state index contributed by atoms with van der Waals surface area (Å²) in [7, 11) is 3.35. The summed E-state index contributed by atoms with van der Waals surface area (Å²) in [5.74, 6) is -0.511. The summed E-state index contributed by atoms with van der Waals surface area (Å²) in [5, 5.41) is 9.53. The van der Waals surface area contributed by atoms with E-state index in [1.807, 2.05) is 0 Å². The molecule has 27 heavy (non-hydrogen) atoms. The molecule has 2 aromatic heterocycles. The zero-order chi connectivity index (χ0) is 18.4. The number of halogens is 5. The van der Waals surface area contributed by atoms with Crippen molar-refractivity contribution < 1.29 is 22.7 Å². The van der Waals surface area contributed by atoms with Crippen molar-refractivity contribution in [1.82, 2.24) is 25.4 Å². The highest BCUT2D eigenvalue weighted by molar-refractivity contribution is 5.85. The molecule has 152 valence electrons. The second kappa shape index (κ2) is 11.0. The fraction of sp³-hybridized carbons (Fsp3) is 0.400. The lowest BCUT2D eigenvalue weighted by atomic mass is 10.1. The molecule has 2 N–H and O–H groups in total. The zero-order valence-corrected chi connectivity index (χ0v) is 16.1. The van der Waals surface area contributed by atoms with E-state index >= 15 is 0 Å². The van der Waals surface area contributed by atoms with Gasteiger partial charge < -0.3 is 15.4 Å². The number of ether oxygens (including phenoxy) is 1. The number of rotatable bonds is 7. The Bertz CT molecular complexity index is 727. The second-order valence-electron chi connectivity index (χ2n) is 5.26. The Hall–Kier alpha value is -2.04. The molecule has 0 aliphatic heterocycles. The molecule has 2 heterocycles. The molecule has 0 spiro atoms. The number of aromatic nitrogens is 3. The summed E-state index contributed by atoms with van der Waals surface area (Å²) in [6.45, 7) is -1.46. The molecule has 2 rings (SSSR count). The van der Waals surface area contributed by atoms with Crippen molar-refractivity contribution in [1.29, 1.82) is 0 Å². The van der Waals surface area contributed by atoms with E-state index in [0.717, 1.165) is 0 Å². The van der Waals surface area contributed by atoms with Crippen molar-refractivity contribution in [3.63, 3.8) is 0 Å². The number of nitrogens with zero attached hydrogens (tertiary/aromatic N) is 3. The standard InChI is InChI=1S/C15H18F3N5O2.2ClH/c1-19-12(11-7-22-23(2)8-11)13(24)21-6-10-4-3-5-20-14(10)25-9-15(16,17)18;;/h3-5,7-8,12,19H,6,9H2,1-2H3,(H,21,24);2*1H. The van der Waals surface area contributed by atoms with Crippen molar-refractivity contribution in [2.45, 2.75) is 18.8 Å². The van der Waals surface area contributed by atoms with Gasteiger partial charge in [-0.25, -0.2) is 4.98 Å². The number of hydrogen-bond donors (Lipinski definition) is 2. The highest BCUT2D eigenvalue weighted by Gasteiger charge is 2.29.